The third kappa shape index (κ3) is 9.41. The van der Waals surface area contributed by atoms with Gasteiger partial charge in [0.25, 0.3) is 10.0 Å². The number of benzene rings is 4. The van der Waals surface area contributed by atoms with Gasteiger partial charge in [-0.2, -0.15) is 0 Å². The number of ether oxygens (including phenoxy) is 2. The summed E-state index contributed by atoms with van der Waals surface area (Å²) in [5.74, 6) is -0.0296. The van der Waals surface area contributed by atoms with Crippen LogP contribution in [0.4, 0.5) is 5.69 Å². The van der Waals surface area contributed by atoms with Crippen molar-refractivity contribution in [2.45, 2.75) is 58.5 Å². The molecule has 1 atom stereocenters. The van der Waals surface area contributed by atoms with E-state index in [0.29, 0.717) is 18.0 Å². The fraction of sp³-hybridized carbons (Fsp3) is 0.333. The molecular formula is C39H47N3O6S. The summed E-state index contributed by atoms with van der Waals surface area (Å²) in [7, 11) is -1.43. The Morgan fingerprint density at radius 1 is 0.796 bits per heavy atom. The van der Waals surface area contributed by atoms with Crippen LogP contribution in [0.25, 0.3) is 0 Å². The third-order valence-electron chi connectivity index (χ3n) is 8.27. The van der Waals surface area contributed by atoms with Gasteiger partial charge >= 0.3 is 0 Å². The van der Waals surface area contributed by atoms with Crippen LogP contribution in [0, 0.1) is 26.7 Å². The first-order valence-corrected chi connectivity index (χ1v) is 17.8. The predicted octanol–water partition coefficient (Wildman–Crippen LogP) is 6.24. The van der Waals surface area contributed by atoms with Gasteiger partial charge in [0.1, 0.15) is 12.6 Å². The Bertz CT molecular complexity index is 1840. The van der Waals surface area contributed by atoms with Crippen LogP contribution in [0.1, 0.15) is 41.7 Å². The van der Waals surface area contributed by atoms with E-state index in [1.807, 2.05) is 95.3 Å². The van der Waals surface area contributed by atoms with Crippen LogP contribution in [0.15, 0.2) is 95.9 Å². The first kappa shape index (κ1) is 37.0. The molecule has 4 rings (SSSR count). The zero-order valence-corrected chi connectivity index (χ0v) is 30.2. The summed E-state index contributed by atoms with van der Waals surface area (Å²) in [6.07, 6.45) is 0.244. The van der Waals surface area contributed by atoms with Crippen LogP contribution in [-0.4, -0.2) is 58.5 Å². The summed E-state index contributed by atoms with van der Waals surface area (Å²) in [5, 5.41) is 3.03. The fourth-order valence-electron chi connectivity index (χ4n) is 5.68. The topological polar surface area (TPSA) is 105 Å². The number of rotatable bonds is 15. The van der Waals surface area contributed by atoms with E-state index in [2.05, 4.69) is 5.32 Å². The van der Waals surface area contributed by atoms with Gasteiger partial charge in [0.05, 0.1) is 24.8 Å². The van der Waals surface area contributed by atoms with E-state index in [4.69, 9.17) is 9.47 Å². The molecule has 4 aromatic rings. The number of aryl methyl sites for hydroxylation is 3. The van der Waals surface area contributed by atoms with Gasteiger partial charge in [0.15, 0.2) is 11.5 Å². The molecule has 0 fully saturated rings. The van der Waals surface area contributed by atoms with Gasteiger partial charge in [0, 0.05) is 25.6 Å². The number of nitrogens with zero attached hydrogens (tertiary/aromatic N) is 2. The van der Waals surface area contributed by atoms with Crippen LogP contribution in [-0.2, 0) is 32.6 Å². The molecule has 0 unspecified atom stereocenters. The Hall–Kier alpha value is -4.83. The largest absolute Gasteiger partial charge is 0.493 e. The second-order valence-corrected chi connectivity index (χ2v) is 14.5. The molecule has 0 aliphatic carbocycles. The number of amides is 2. The van der Waals surface area contributed by atoms with Gasteiger partial charge in [-0.05, 0) is 78.8 Å². The van der Waals surface area contributed by atoms with Crippen molar-refractivity contribution in [1.82, 2.24) is 10.2 Å². The Kier molecular flexibility index (Phi) is 12.5. The molecule has 0 aliphatic heterocycles. The summed E-state index contributed by atoms with van der Waals surface area (Å²) in [6.45, 7) is 9.69. The zero-order valence-electron chi connectivity index (χ0n) is 29.4. The molecule has 9 nitrogen and oxygen atoms in total. The van der Waals surface area contributed by atoms with E-state index in [-0.39, 0.29) is 35.4 Å². The van der Waals surface area contributed by atoms with E-state index in [0.717, 1.165) is 32.1 Å². The standard InChI is InChI=1S/C39H47N3O6S/c1-27(2)24-40-39(44)35(22-31-14-9-8-10-15-31)41(25-32-16-12-11-13-30(32)5)38(43)26-42(33-20-28(3)19-29(4)21-33)49(45,46)34-17-18-36(47-6)37(23-34)48-7/h8-21,23,27,35H,22,24-26H2,1-7H3,(H,40,44)/t35-/m0/s1. The molecule has 0 saturated heterocycles. The molecule has 2 amide bonds. The molecule has 0 heterocycles. The minimum Gasteiger partial charge on any atom is -0.493 e. The number of sulfonamides is 1. The summed E-state index contributed by atoms with van der Waals surface area (Å²) < 4.78 is 41.0. The molecule has 260 valence electrons. The highest BCUT2D eigenvalue weighted by Crippen LogP contribution is 2.33. The lowest BCUT2D eigenvalue weighted by atomic mass is 10.0. The van der Waals surface area contributed by atoms with E-state index < -0.39 is 28.5 Å². The Balaban J connectivity index is 1.86. The van der Waals surface area contributed by atoms with Gasteiger partial charge < -0.3 is 19.7 Å². The Morgan fingerprint density at radius 2 is 1.43 bits per heavy atom. The van der Waals surface area contributed by atoms with Crippen molar-refractivity contribution < 1.29 is 27.5 Å². The van der Waals surface area contributed by atoms with E-state index in [1.54, 1.807) is 12.1 Å². The first-order valence-electron chi connectivity index (χ1n) is 16.3. The summed E-state index contributed by atoms with van der Waals surface area (Å²) >= 11 is 0. The van der Waals surface area contributed by atoms with Crippen molar-refractivity contribution in [1.29, 1.82) is 0 Å². The van der Waals surface area contributed by atoms with Crippen LogP contribution in [0.5, 0.6) is 11.5 Å². The molecule has 0 radical (unpaired) electrons. The molecule has 0 bridgehead atoms. The van der Waals surface area contributed by atoms with Crippen molar-refractivity contribution >= 4 is 27.5 Å². The molecule has 0 aromatic heterocycles. The number of carbonyl (C=O) groups excluding carboxylic acids is 2. The number of hydrogen-bond donors (Lipinski definition) is 1. The highest BCUT2D eigenvalue weighted by Gasteiger charge is 2.35. The lowest BCUT2D eigenvalue weighted by Crippen LogP contribution is -2.53. The van der Waals surface area contributed by atoms with Crippen molar-refractivity contribution in [2.24, 2.45) is 5.92 Å². The maximum atomic E-state index is 14.8. The molecular weight excluding hydrogens is 639 g/mol. The average Bonchev–Trinajstić information content (AvgIpc) is 3.07. The quantitative estimate of drug-likeness (QED) is 0.159. The molecule has 0 aliphatic rings. The van der Waals surface area contributed by atoms with Crippen LogP contribution in [0.3, 0.4) is 0 Å². The number of anilines is 1. The van der Waals surface area contributed by atoms with Gasteiger partial charge in [-0.1, -0.05) is 74.5 Å². The SMILES string of the molecule is COc1ccc(S(=O)(=O)N(CC(=O)N(Cc2ccccc2C)[C@@H](Cc2ccccc2)C(=O)NCC(C)C)c2cc(C)cc(C)c2)cc1OC. The normalized spacial score (nSPS) is 11.9. The monoisotopic (exact) mass is 685 g/mol. The lowest BCUT2D eigenvalue weighted by Gasteiger charge is -2.34. The summed E-state index contributed by atoms with van der Waals surface area (Å²) in [4.78, 5) is 30.2. The van der Waals surface area contributed by atoms with Crippen LogP contribution in [0.2, 0.25) is 0 Å². The van der Waals surface area contributed by atoms with Crippen molar-refractivity contribution in [3.05, 3.63) is 119 Å². The minimum atomic E-state index is -4.33. The minimum absolute atomic E-state index is 0.0712. The summed E-state index contributed by atoms with van der Waals surface area (Å²) in [6, 6.07) is 26.0. The zero-order chi connectivity index (χ0) is 35.7. The summed E-state index contributed by atoms with van der Waals surface area (Å²) in [5.41, 5.74) is 4.68. The smallest absolute Gasteiger partial charge is 0.264 e. The van der Waals surface area contributed by atoms with Crippen molar-refractivity contribution in [2.75, 3.05) is 31.6 Å². The number of nitrogens with one attached hydrogen (secondary N) is 1. The maximum Gasteiger partial charge on any atom is 0.264 e. The third-order valence-corrected chi connectivity index (χ3v) is 10.0. The van der Waals surface area contributed by atoms with Crippen molar-refractivity contribution in [3.63, 3.8) is 0 Å². The van der Waals surface area contributed by atoms with Gasteiger partial charge in [-0.25, -0.2) is 8.42 Å². The molecule has 0 saturated carbocycles. The number of methoxy groups -OCH3 is 2. The molecule has 10 heteroatoms. The fourth-order valence-corrected chi connectivity index (χ4v) is 7.09. The maximum absolute atomic E-state index is 14.8. The van der Waals surface area contributed by atoms with E-state index in [9.17, 15) is 18.0 Å². The highest BCUT2D eigenvalue weighted by molar-refractivity contribution is 7.92. The van der Waals surface area contributed by atoms with Gasteiger partial charge in [-0.15, -0.1) is 0 Å². The molecule has 49 heavy (non-hydrogen) atoms. The second-order valence-electron chi connectivity index (χ2n) is 12.7. The molecule has 1 N–H and O–H groups in total. The Labute approximate surface area is 290 Å². The van der Waals surface area contributed by atoms with Crippen LogP contribution >= 0.6 is 0 Å². The highest BCUT2D eigenvalue weighted by atomic mass is 32.2. The van der Waals surface area contributed by atoms with Crippen molar-refractivity contribution in [3.8, 4) is 11.5 Å². The van der Waals surface area contributed by atoms with E-state index >= 15 is 0 Å². The first-order chi connectivity index (χ1) is 23.3. The second kappa shape index (κ2) is 16.5. The van der Waals surface area contributed by atoms with Gasteiger partial charge in [-0.3, -0.25) is 13.9 Å². The van der Waals surface area contributed by atoms with Crippen LogP contribution < -0.4 is 19.1 Å². The average molecular weight is 686 g/mol. The van der Waals surface area contributed by atoms with Gasteiger partial charge in [0.2, 0.25) is 11.8 Å². The Morgan fingerprint density at radius 3 is 2.04 bits per heavy atom. The molecule has 0 spiro atoms. The molecule has 4 aromatic carbocycles. The lowest BCUT2D eigenvalue weighted by molar-refractivity contribution is -0.140. The predicted molar refractivity (Wildman–Crippen MR) is 194 cm³/mol. The number of carbonyl (C=O) groups is 2. The number of hydrogen-bond acceptors (Lipinski definition) is 6. The van der Waals surface area contributed by atoms with E-state index in [1.165, 1.54) is 37.3 Å².